The van der Waals surface area contributed by atoms with E-state index in [2.05, 4.69) is 10.6 Å². The van der Waals surface area contributed by atoms with Crippen molar-refractivity contribution >= 4 is 23.5 Å². The molecule has 1 heterocycles. The number of halogens is 1. The Morgan fingerprint density at radius 2 is 2.22 bits per heavy atom. The quantitative estimate of drug-likeness (QED) is 0.759. The SMILES string of the molecule is O=C1CN(CC(=O)Nc2cccc(F)c2)C(=O)N1. The zero-order chi connectivity index (χ0) is 13.1. The highest BCUT2D eigenvalue weighted by atomic mass is 19.1. The zero-order valence-corrected chi connectivity index (χ0v) is 9.27. The Balaban J connectivity index is 1.93. The second-order valence-electron chi connectivity index (χ2n) is 3.77. The van der Waals surface area contributed by atoms with Crippen LogP contribution in [0.25, 0.3) is 0 Å². The molecule has 0 atom stereocenters. The van der Waals surface area contributed by atoms with Gasteiger partial charge in [0.1, 0.15) is 18.9 Å². The second-order valence-corrected chi connectivity index (χ2v) is 3.77. The molecular formula is C11H10FN3O3. The minimum Gasteiger partial charge on any atom is -0.324 e. The van der Waals surface area contributed by atoms with Gasteiger partial charge in [-0.25, -0.2) is 9.18 Å². The van der Waals surface area contributed by atoms with Crippen molar-refractivity contribution < 1.29 is 18.8 Å². The fourth-order valence-electron chi connectivity index (χ4n) is 1.55. The highest BCUT2D eigenvalue weighted by Gasteiger charge is 2.28. The van der Waals surface area contributed by atoms with E-state index in [9.17, 15) is 18.8 Å². The molecule has 1 saturated heterocycles. The van der Waals surface area contributed by atoms with Gasteiger partial charge in [-0.05, 0) is 18.2 Å². The summed E-state index contributed by atoms with van der Waals surface area (Å²) >= 11 is 0. The van der Waals surface area contributed by atoms with Gasteiger partial charge in [0.25, 0.3) is 0 Å². The Morgan fingerprint density at radius 3 is 2.83 bits per heavy atom. The zero-order valence-electron chi connectivity index (χ0n) is 9.27. The first-order chi connectivity index (χ1) is 8.54. The number of hydrogen-bond acceptors (Lipinski definition) is 3. The molecule has 0 bridgehead atoms. The molecule has 1 fully saturated rings. The van der Waals surface area contributed by atoms with Gasteiger partial charge in [0.15, 0.2) is 0 Å². The summed E-state index contributed by atoms with van der Waals surface area (Å²) in [7, 11) is 0. The number of carbonyl (C=O) groups is 3. The summed E-state index contributed by atoms with van der Waals surface area (Å²) in [4.78, 5) is 34.7. The molecule has 1 aliphatic heterocycles. The van der Waals surface area contributed by atoms with Crippen LogP contribution >= 0.6 is 0 Å². The molecule has 18 heavy (non-hydrogen) atoms. The van der Waals surface area contributed by atoms with E-state index < -0.39 is 23.7 Å². The van der Waals surface area contributed by atoms with Crippen LogP contribution in [0.5, 0.6) is 0 Å². The van der Waals surface area contributed by atoms with E-state index in [0.29, 0.717) is 5.69 Å². The Hall–Kier alpha value is -2.44. The first-order valence-electron chi connectivity index (χ1n) is 5.19. The second kappa shape index (κ2) is 4.82. The number of benzene rings is 1. The molecule has 1 aromatic carbocycles. The van der Waals surface area contributed by atoms with E-state index in [4.69, 9.17) is 0 Å². The summed E-state index contributed by atoms with van der Waals surface area (Å²) in [6, 6.07) is 4.79. The van der Waals surface area contributed by atoms with Gasteiger partial charge in [-0.1, -0.05) is 6.07 Å². The van der Waals surface area contributed by atoms with Crippen LogP contribution in [-0.2, 0) is 9.59 Å². The number of amides is 4. The molecule has 1 aromatic rings. The Labute approximate surface area is 102 Å². The van der Waals surface area contributed by atoms with E-state index in [1.165, 1.54) is 18.2 Å². The number of nitrogens with one attached hydrogen (secondary N) is 2. The maximum absolute atomic E-state index is 12.9. The van der Waals surface area contributed by atoms with E-state index in [1.54, 1.807) is 0 Å². The van der Waals surface area contributed by atoms with Crippen molar-refractivity contribution in [2.75, 3.05) is 18.4 Å². The van der Waals surface area contributed by atoms with Gasteiger partial charge >= 0.3 is 6.03 Å². The van der Waals surface area contributed by atoms with E-state index >= 15 is 0 Å². The van der Waals surface area contributed by atoms with E-state index in [1.807, 2.05) is 0 Å². The lowest BCUT2D eigenvalue weighted by Crippen LogP contribution is -2.35. The topological polar surface area (TPSA) is 78.5 Å². The third-order valence-electron chi connectivity index (χ3n) is 2.31. The monoisotopic (exact) mass is 251 g/mol. The summed E-state index contributed by atoms with van der Waals surface area (Å²) in [5.74, 6) is -1.41. The van der Waals surface area contributed by atoms with Crippen LogP contribution in [0.3, 0.4) is 0 Å². The highest BCUT2D eigenvalue weighted by molar-refractivity contribution is 6.04. The fraction of sp³-hybridized carbons (Fsp3) is 0.182. The summed E-state index contributed by atoms with van der Waals surface area (Å²) < 4.78 is 12.9. The average Bonchev–Trinajstić information content (AvgIpc) is 2.57. The van der Waals surface area contributed by atoms with Gasteiger partial charge in [-0.2, -0.15) is 0 Å². The minimum atomic E-state index is -0.602. The molecule has 1 aliphatic rings. The van der Waals surface area contributed by atoms with Crippen molar-refractivity contribution in [3.8, 4) is 0 Å². The van der Waals surface area contributed by atoms with E-state index in [0.717, 1.165) is 11.0 Å². The number of rotatable bonds is 3. The molecular weight excluding hydrogens is 241 g/mol. The number of imide groups is 1. The van der Waals surface area contributed by atoms with Crippen LogP contribution in [0, 0.1) is 5.82 Å². The van der Waals surface area contributed by atoms with Crippen LogP contribution < -0.4 is 10.6 Å². The van der Waals surface area contributed by atoms with Crippen molar-refractivity contribution in [1.82, 2.24) is 10.2 Å². The molecule has 4 amide bonds. The van der Waals surface area contributed by atoms with Crippen LogP contribution in [-0.4, -0.2) is 35.8 Å². The van der Waals surface area contributed by atoms with Crippen LogP contribution in [0.2, 0.25) is 0 Å². The van der Waals surface area contributed by atoms with E-state index in [-0.39, 0.29) is 13.1 Å². The van der Waals surface area contributed by atoms with Gasteiger partial charge in [-0.15, -0.1) is 0 Å². The lowest BCUT2D eigenvalue weighted by atomic mass is 10.3. The maximum atomic E-state index is 12.9. The molecule has 2 rings (SSSR count). The Kier molecular flexibility index (Phi) is 3.22. The normalized spacial score (nSPS) is 14.6. The van der Waals surface area contributed by atoms with Gasteiger partial charge in [0.2, 0.25) is 11.8 Å². The van der Waals surface area contributed by atoms with Gasteiger partial charge in [0.05, 0.1) is 0 Å². The molecule has 0 aromatic heterocycles. The predicted octanol–water partition coefficient (Wildman–Crippen LogP) is 0.316. The van der Waals surface area contributed by atoms with Gasteiger partial charge in [0, 0.05) is 5.69 Å². The molecule has 94 valence electrons. The molecule has 0 spiro atoms. The van der Waals surface area contributed by atoms with Crippen LogP contribution in [0.15, 0.2) is 24.3 Å². The van der Waals surface area contributed by atoms with Crippen molar-refractivity contribution in [3.05, 3.63) is 30.1 Å². The first-order valence-corrected chi connectivity index (χ1v) is 5.19. The largest absolute Gasteiger partial charge is 0.325 e. The number of hydrogen-bond donors (Lipinski definition) is 2. The van der Waals surface area contributed by atoms with Crippen molar-refractivity contribution in [1.29, 1.82) is 0 Å². The predicted molar refractivity (Wildman–Crippen MR) is 60.1 cm³/mol. The van der Waals surface area contributed by atoms with Gasteiger partial charge < -0.3 is 10.2 Å². The molecule has 0 unspecified atom stereocenters. The molecule has 0 aliphatic carbocycles. The maximum Gasteiger partial charge on any atom is 0.325 e. The average molecular weight is 251 g/mol. The third kappa shape index (κ3) is 2.82. The summed E-state index contributed by atoms with van der Waals surface area (Å²) in [5, 5.41) is 4.49. The van der Waals surface area contributed by atoms with Crippen LogP contribution in [0.4, 0.5) is 14.9 Å². The van der Waals surface area contributed by atoms with Crippen LogP contribution in [0.1, 0.15) is 0 Å². The summed E-state index contributed by atoms with van der Waals surface area (Å²) in [6.07, 6.45) is 0. The molecule has 2 N–H and O–H groups in total. The Bertz CT molecular complexity index is 518. The summed E-state index contributed by atoms with van der Waals surface area (Å²) in [5.41, 5.74) is 0.297. The smallest absolute Gasteiger partial charge is 0.324 e. The number of carbonyl (C=O) groups excluding carboxylic acids is 3. The lowest BCUT2D eigenvalue weighted by Gasteiger charge is -2.12. The molecule has 6 nitrogen and oxygen atoms in total. The number of urea groups is 1. The minimum absolute atomic E-state index is 0.143. The van der Waals surface area contributed by atoms with Crippen molar-refractivity contribution in [2.45, 2.75) is 0 Å². The first kappa shape index (κ1) is 12.0. The Morgan fingerprint density at radius 1 is 1.44 bits per heavy atom. The standard InChI is InChI=1S/C11H10FN3O3/c12-7-2-1-3-8(4-7)13-9(16)5-15-6-10(17)14-11(15)18/h1-4H,5-6H2,(H,13,16)(H,14,17,18). The fourth-order valence-corrected chi connectivity index (χ4v) is 1.55. The van der Waals surface area contributed by atoms with Gasteiger partial charge in [-0.3, -0.25) is 14.9 Å². The summed E-state index contributed by atoms with van der Waals surface area (Å²) in [6.45, 7) is -0.399. The van der Waals surface area contributed by atoms with Crippen molar-refractivity contribution in [2.24, 2.45) is 0 Å². The molecule has 7 heteroatoms. The highest BCUT2D eigenvalue weighted by Crippen LogP contribution is 2.09. The lowest BCUT2D eigenvalue weighted by molar-refractivity contribution is -0.119. The third-order valence-corrected chi connectivity index (χ3v) is 2.31. The number of nitrogens with zero attached hydrogens (tertiary/aromatic N) is 1. The van der Waals surface area contributed by atoms with Crippen molar-refractivity contribution in [3.63, 3.8) is 0 Å². The molecule has 0 saturated carbocycles. The number of anilines is 1. The molecule has 0 radical (unpaired) electrons.